The summed E-state index contributed by atoms with van der Waals surface area (Å²) in [7, 11) is 0. The Morgan fingerprint density at radius 2 is 2.10 bits per heavy atom. The third-order valence-electron chi connectivity index (χ3n) is 2.79. The zero-order valence-electron chi connectivity index (χ0n) is 13.1. The molecule has 0 fully saturated rings. The van der Waals surface area contributed by atoms with Crippen molar-refractivity contribution < 1.29 is 9.66 Å². The summed E-state index contributed by atoms with van der Waals surface area (Å²) < 4.78 is 5.59. The zero-order valence-corrected chi connectivity index (χ0v) is 14.0. The summed E-state index contributed by atoms with van der Waals surface area (Å²) in [6.07, 6.45) is 2.91. The zero-order chi connectivity index (χ0) is 15.9. The maximum Gasteiger partial charge on any atom is 0.310 e. The fraction of sp³-hybridized carbons (Fsp3) is 0.600. The standard InChI is InChI=1S/C15H24N2O3S/c1-15(2,3)16-11-12-6-7-13(17(18)19)14(10-12)20-8-5-9-21-4/h6-7,10,16H,5,8-9,11H2,1-4H3. The van der Waals surface area contributed by atoms with Gasteiger partial charge in [0.2, 0.25) is 0 Å². The van der Waals surface area contributed by atoms with Crippen molar-refractivity contribution in [2.75, 3.05) is 18.6 Å². The van der Waals surface area contributed by atoms with E-state index in [1.807, 2.05) is 6.26 Å². The molecule has 1 rings (SSSR count). The number of hydrogen-bond acceptors (Lipinski definition) is 5. The molecule has 0 aliphatic rings. The fourth-order valence-electron chi connectivity index (χ4n) is 1.69. The van der Waals surface area contributed by atoms with E-state index >= 15 is 0 Å². The van der Waals surface area contributed by atoms with Gasteiger partial charge in [-0.3, -0.25) is 10.1 Å². The Bertz CT molecular complexity index is 472. The van der Waals surface area contributed by atoms with Gasteiger partial charge in [0.15, 0.2) is 5.75 Å². The molecular weight excluding hydrogens is 288 g/mol. The quantitative estimate of drug-likeness (QED) is 0.451. The first-order valence-corrected chi connectivity index (χ1v) is 8.37. The molecule has 0 amide bonds. The SMILES string of the molecule is CSCCCOc1cc(CNC(C)(C)C)ccc1[N+](=O)[O-]. The van der Waals surface area contributed by atoms with Crippen LogP contribution in [0.1, 0.15) is 32.8 Å². The normalized spacial score (nSPS) is 11.4. The Morgan fingerprint density at radius 1 is 1.38 bits per heavy atom. The lowest BCUT2D eigenvalue weighted by molar-refractivity contribution is -0.385. The van der Waals surface area contributed by atoms with Gasteiger partial charge in [-0.1, -0.05) is 6.07 Å². The highest BCUT2D eigenvalue weighted by molar-refractivity contribution is 7.98. The molecule has 1 N–H and O–H groups in total. The van der Waals surface area contributed by atoms with Crippen molar-refractivity contribution in [3.8, 4) is 5.75 Å². The molecule has 0 saturated heterocycles. The topological polar surface area (TPSA) is 64.4 Å². The maximum atomic E-state index is 11.0. The second-order valence-corrected chi connectivity index (χ2v) is 6.84. The fourth-order valence-corrected chi connectivity index (χ4v) is 2.09. The minimum absolute atomic E-state index is 0.00114. The molecule has 6 heteroatoms. The first-order chi connectivity index (χ1) is 9.83. The first-order valence-electron chi connectivity index (χ1n) is 6.97. The van der Waals surface area contributed by atoms with Gasteiger partial charge >= 0.3 is 5.69 Å². The van der Waals surface area contributed by atoms with Crippen molar-refractivity contribution >= 4 is 17.4 Å². The summed E-state index contributed by atoms with van der Waals surface area (Å²) in [6, 6.07) is 5.05. The van der Waals surface area contributed by atoms with Crippen LogP contribution in [0.3, 0.4) is 0 Å². The smallest absolute Gasteiger partial charge is 0.310 e. The highest BCUT2D eigenvalue weighted by Crippen LogP contribution is 2.28. The summed E-state index contributed by atoms with van der Waals surface area (Å²) >= 11 is 1.74. The van der Waals surface area contributed by atoms with E-state index in [2.05, 4.69) is 26.1 Å². The van der Waals surface area contributed by atoms with Crippen LogP contribution in [-0.4, -0.2) is 29.1 Å². The second kappa shape index (κ2) is 8.24. The number of nitro benzene ring substituents is 1. The van der Waals surface area contributed by atoms with Crippen LogP contribution in [0.15, 0.2) is 18.2 Å². The lowest BCUT2D eigenvalue weighted by atomic mass is 10.1. The molecule has 21 heavy (non-hydrogen) atoms. The van der Waals surface area contributed by atoms with Gasteiger partial charge in [-0.05, 0) is 50.8 Å². The molecular formula is C15H24N2O3S. The molecule has 0 saturated carbocycles. The van der Waals surface area contributed by atoms with Crippen molar-refractivity contribution in [3.05, 3.63) is 33.9 Å². The van der Waals surface area contributed by atoms with Crippen molar-refractivity contribution in [2.24, 2.45) is 0 Å². The minimum Gasteiger partial charge on any atom is -0.487 e. The minimum atomic E-state index is -0.398. The molecule has 0 radical (unpaired) electrons. The lowest BCUT2D eigenvalue weighted by Gasteiger charge is -2.20. The van der Waals surface area contributed by atoms with Gasteiger partial charge in [0, 0.05) is 18.2 Å². The number of thioether (sulfide) groups is 1. The van der Waals surface area contributed by atoms with Gasteiger partial charge in [-0.15, -0.1) is 0 Å². The number of ether oxygens (including phenoxy) is 1. The van der Waals surface area contributed by atoms with E-state index in [-0.39, 0.29) is 11.2 Å². The average molecular weight is 312 g/mol. The van der Waals surface area contributed by atoms with E-state index < -0.39 is 4.92 Å². The van der Waals surface area contributed by atoms with Crippen molar-refractivity contribution in [2.45, 2.75) is 39.3 Å². The van der Waals surface area contributed by atoms with E-state index in [1.54, 1.807) is 23.9 Å². The van der Waals surface area contributed by atoms with E-state index in [4.69, 9.17) is 4.74 Å². The molecule has 0 aliphatic heterocycles. The largest absolute Gasteiger partial charge is 0.487 e. The van der Waals surface area contributed by atoms with Crippen molar-refractivity contribution in [3.63, 3.8) is 0 Å². The molecule has 1 aromatic rings. The van der Waals surface area contributed by atoms with Gasteiger partial charge in [0.25, 0.3) is 0 Å². The Kier molecular flexibility index (Phi) is 6.98. The van der Waals surface area contributed by atoms with Crippen LogP contribution in [-0.2, 0) is 6.54 Å². The molecule has 0 aliphatic carbocycles. The van der Waals surface area contributed by atoms with Crippen LogP contribution in [0.2, 0.25) is 0 Å². The second-order valence-electron chi connectivity index (χ2n) is 5.86. The highest BCUT2D eigenvalue weighted by atomic mass is 32.2. The molecule has 0 unspecified atom stereocenters. The molecule has 0 atom stereocenters. The van der Waals surface area contributed by atoms with Gasteiger partial charge < -0.3 is 10.1 Å². The van der Waals surface area contributed by atoms with Gasteiger partial charge in [0.05, 0.1) is 11.5 Å². The molecule has 5 nitrogen and oxygen atoms in total. The van der Waals surface area contributed by atoms with Gasteiger partial charge in [-0.25, -0.2) is 0 Å². The van der Waals surface area contributed by atoms with Crippen LogP contribution in [0.5, 0.6) is 5.75 Å². The van der Waals surface area contributed by atoms with E-state index in [0.29, 0.717) is 18.9 Å². The Morgan fingerprint density at radius 3 is 2.67 bits per heavy atom. The van der Waals surface area contributed by atoms with Crippen molar-refractivity contribution in [1.29, 1.82) is 0 Å². The first kappa shape index (κ1) is 17.8. The summed E-state index contributed by atoms with van der Waals surface area (Å²) in [6.45, 7) is 7.40. The third-order valence-corrected chi connectivity index (χ3v) is 3.49. The summed E-state index contributed by atoms with van der Waals surface area (Å²) in [4.78, 5) is 10.6. The van der Waals surface area contributed by atoms with Crippen LogP contribution < -0.4 is 10.1 Å². The van der Waals surface area contributed by atoms with E-state index in [9.17, 15) is 10.1 Å². The summed E-state index contributed by atoms with van der Waals surface area (Å²) in [5.41, 5.74) is 1.01. The monoisotopic (exact) mass is 312 g/mol. The number of nitrogens with one attached hydrogen (secondary N) is 1. The van der Waals surface area contributed by atoms with Crippen molar-refractivity contribution in [1.82, 2.24) is 5.32 Å². The molecule has 0 spiro atoms. The van der Waals surface area contributed by atoms with Crippen LogP contribution >= 0.6 is 11.8 Å². The number of rotatable bonds is 8. The van der Waals surface area contributed by atoms with Gasteiger partial charge in [-0.2, -0.15) is 11.8 Å². The van der Waals surface area contributed by atoms with Gasteiger partial charge in [0.1, 0.15) is 0 Å². The predicted octanol–water partition coefficient (Wildman–Crippen LogP) is 3.61. The van der Waals surface area contributed by atoms with E-state index in [1.165, 1.54) is 6.07 Å². The number of benzene rings is 1. The van der Waals surface area contributed by atoms with E-state index in [0.717, 1.165) is 17.7 Å². The Labute approximate surface area is 130 Å². The number of nitro groups is 1. The Hall–Kier alpha value is -1.27. The third kappa shape index (κ3) is 6.82. The molecule has 0 aromatic heterocycles. The molecule has 1 aromatic carbocycles. The summed E-state index contributed by atoms with van der Waals surface area (Å²) in [5, 5.41) is 14.4. The summed E-state index contributed by atoms with van der Waals surface area (Å²) in [5.74, 6) is 1.34. The maximum absolute atomic E-state index is 11.0. The molecule has 118 valence electrons. The van der Waals surface area contributed by atoms with Crippen LogP contribution in [0.4, 0.5) is 5.69 Å². The number of hydrogen-bond donors (Lipinski definition) is 1. The van der Waals surface area contributed by atoms with Crippen LogP contribution in [0.25, 0.3) is 0 Å². The Balaban J connectivity index is 2.77. The molecule has 0 heterocycles. The highest BCUT2D eigenvalue weighted by Gasteiger charge is 2.16. The average Bonchev–Trinajstić information content (AvgIpc) is 2.40. The molecule has 0 bridgehead atoms. The lowest BCUT2D eigenvalue weighted by Crippen LogP contribution is -2.35. The number of nitrogens with zero attached hydrogens (tertiary/aromatic N) is 1. The van der Waals surface area contributed by atoms with Crippen LogP contribution in [0, 0.1) is 10.1 Å². The predicted molar refractivity (Wildman–Crippen MR) is 88.2 cm³/mol.